The highest BCUT2D eigenvalue weighted by atomic mass is 28.4. The lowest BCUT2D eigenvalue weighted by Gasteiger charge is -2.19. The minimum atomic E-state index is -1.13. The predicted molar refractivity (Wildman–Crippen MR) is 118 cm³/mol. The van der Waals surface area contributed by atoms with Gasteiger partial charge in [-0.25, -0.2) is 4.79 Å². The zero-order valence-electron chi connectivity index (χ0n) is 21.4. The molecular formula is C20H48O7Si. The van der Waals surface area contributed by atoms with Gasteiger partial charge in [-0.3, -0.25) is 0 Å². The number of methoxy groups -OCH3 is 4. The molecule has 174 valence electrons. The van der Waals surface area contributed by atoms with Gasteiger partial charge in [-0.15, -0.1) is 0 Å². The molecule has 0 aromatic heterocycles. The van der Waals surface area contributed by atoms with E-state index in [9.17, 15) is 4.79 Å². The van der Waals surface area contributed by atoms with Gasteiger partial charge in [0, 0.05) is 28.4 Å². The first-order chi connectivity index (χ1) is 12.2. The van der Waals surface area contributed by atoms with Gasteiger partial charge in [-0.1, -0.05) is 0 Å². The van der Waals surface area contributed by atoms with Gasteiger partial charge in [0.1, 0.15) is 5.60 Å². The molecule has 0 saturated carbocycles. The minimum Gasteiger partial charge on any atom is -0.438 e. The zero-order chi connectivity index (χ0) is 23.8. The van der Waals surface area contributed by atoms with Crippen LogP contribution in [0.3, 0.4) is 0 Å². The molecule has 0 heterocycles. The molecule has 0 aliphatic heterocycles. The minimum absolute atomic E-state index is 0.0417. The van der Waals surface area contributed by atoms with Crippen molar-refractivity contribution in [2.24, 2.45) is 0 Å². The molecule has 7 nitrogen and oxygen atoms in total. The first-order valence-corrected chi connectivity index (χ1v) is 12.6. The van der Waals surface area contributed by atoms with Gasteiger partial charge in [-0.2, -0.15) is 0 Å². The van der Waals surface area contributed by atoms with E-state index in [4.69, 9.17) is 23.4 Å². The Labute approximate surface area is 175 Å². The fraction of sp³-hybridized carbons (Fsp3) is 0.950. The summed E-state index contributed by atoms with van der Waals surface area (Å²) in [5.74, 6) is -0.417. The summed E-state index contributed by atoms with van der Waals surface area (Å²) < 4.78 is 28.7. The highest BCUT2D eigenvalue weighted by Crippen LogP contribution is 2.07. The third-order valence-corrected chi connectivity index (χ3v) is 3.99. The Morgan fingerprint density at radius 1 is 0.643 bits per heavy atom. The maximum Gasteiger partial charge on any atom is 0.508 e. The van der Waals surface area contributed by atoms with E-state index in [1.165, 1.54) is 7.11 Å². The number of hydrogen-bond acceptors (Lipinski definition) is 7. The van der Waals surface area contributed by atoms with Crippen molar-refractivity contribution in [1.82, 2.24) is 0 Å². The van der Waals surface area contributed by atoms with Gasteiger partial charge < -0.3 is 28.1 Å². The summed E-state index contributed by atoms with van der Waals surface area (Å²) in [6, 6.07) is 0. The molecule has 0 aliphatic rings. The molecular weight excluding hydrogens is 380 g/mol. The van der Waals surface area contributed by atoms with Gasteiger partial charge in [0.2, 0.25) is 0 Å². The van der Waals surface area contributed by atoms with Crippen LogP contribution in [0.4, 0.5) is 4.79 Å². The van der Waals surface area contributed by atoms with Gasteiger partial charge in [0.15, 0.2) is 14.1 Å². The molecule has 0 rings (SSSR count). The molecule has 0 amide bonds. The highest BCUT2D eigenvalue weighted by Gasteiger charge is 2.15. The van der Waals surface area contributed by atoms with Crippen molar-refractivity contribution in [3.63, 3.8) is 0 Å². The van der Waals surface area contributed by atoms with Crippen molar-refractivity contribution >= 4 is 14.5 Å². The Morgan fingerprint density at radius 3 is 0.964 bits per heavy atom. The monoisotopic (exact) mass is 428 g/mol. The molecule has 0 spiro atoms. The van der Waals surface area contributed by atoms with Gasteiger partial charge in [0.05, 0.1) is 12.7 Å². The topological polar surface area (TPSA) is 72.5 Å². The number of carbonyl (C=O) groups excluding carboxylic acids is 1. The average molecular weight is 429 g/mol. The Morgan fingerprint density at radius 2 is 0.929 bits per heavy atom. The lowest BCUT2D eigenvalue weighted by molar-refractivity contribution is -0.178. The molecule has 28 heavy (non-hydrogen) atoms. The van der Waals surface area contributed by atoms with Crippen LogP contribution in [0.15, 0.2) is 0 Å². The third-order valence-electron chi connectivity index (χ3n) is 2.76. The van der Waals surface area contributed by atoms with E-state index in [-0.39, 0.29) is 5.60 Å². The number of ether oxygens (including phenoxy) is 5. The van der Waals surface area contributed by atoms with Crippen molar-refractivity contribution in [2.45, 2.75) is 92.0 Å². The van der Waals surface area contributed by atoms with Gasteiger partial charge in [-0.05, 0) is 75.0 Å². The second kappa shape index (κ2) is 16.2. The molecule has 0 unspecified atom stereocenters. The van der Waals surface area contributed by atoms with E-state index in [0.717, 1.165) is 0 Å². The van der Waals surface area contributed by atoms with Crippen molar-refractivity contribution in [2.75, 3.05) is 35.5 Å². The highest BCUT2D eigenvalue weighted by molar-refractivity contribution is 6.69. The van der Waals surface area contributed by atoms with E-state index >= 15 is 0 Å². The van der Waals surface area contributed by atoms with Crippen molar-refractivity contribution < 1.29 is 32.9 Å². The molecule has 0 saturated heterocycles. The maximum absolute atomic E-state index is 10.4. The zero-order valence-corrected chi connectivity index (χ0v) is 22.4. The Hall–Kier alpha value is -0.673. The molecule has 0 atom stereocenters. The van der Waals surface area contributed by atoms with E-state index in [1.54, 1.807) is 49.2 Å². The van der Waals surface area contributed by atoms with Crippen LogP contribution in [0.1, 0.15) is 55.4 Å². The van der Waals surface area contributed by atoms with E-state index < -0.39 is 25.9 Å². The van der Waals surface area contributed by atoms with Crippen molar-refractivity contribution in [3.8, 4) is 0 Å². The summed E-state index contributed by atoms with van der Waals surface area (Å²) >= 11 is 0. The normalized spacial score (nSPS) is 11.6. The van der Waals surface area contributed by atoms with Crippen LogP contribution in [0, 0.1) is 0 Å². The number of hydrogen-bond donors (Lipinski definition) is 0. The summed E-state index contributed by atoms with van der Waals surface area (Å²) in [4.78, 5) is 10.4. The van der Waals surface area contributed by atoms with Crippen LogP contribution >= 0.6 is 0 Å². The molecule has 0 aromatic rings. The van der Waals surface area contributed by atoms with E-state index in [1.807, 2.05) is 34.6 Å². The lowest BCUT2D eigenvalue weighted by Crippen LogP contribution is -2.24. The fourth-order valence-electron chi connectivity index (χ4n) is 0.375. The fourth-order valence-corrected chi connectivity index (χ4v) is 0.375. The van der Waals surface area contributed by atoms with Gasteiger partial charge in [0.25, 0.3) is 0 Å². The SMILES string of the molecule is COC(=O)OC(C)(C)C.COC(C)(C)C.COC(C)(C)OC.CO[Si](C)(C)C. The first kappa shape index (κ1) is 34.8. The first-order valence-electron chi connectivity index (χ1n) is 9.17. The number of rotatable bonds is 3. The lowest BCUT2D eigenvalue weighted by atomic mass is 10.2. The summed E-state index contributed by atoms with van der Waals surface area (Å²) in [7, 11) is 6.86. The second-order valence-electron chi connectivity index (χ2n) is 9.11. The summed E-state index contributed by atoms with van der Waals surface area (Å²) in [6.45, 7) is 21.6. The Balaban J connectivity index is -0.000000139. The molecule has 8 heteroatoms. The van der Waals surface area contributed by atoms with Crippen LogP contribution < -0.4 is 0 Å². The Kier molecular flexibility index (Phi) is 20.1. The largest absolute Gasteiger partial charge is 0.508 e. The second-order valence-corrected chi connectivity index (χ2v) is 13.7. The average Bonchev–Trinajstić information content (AvgIpc) is 2.53. The third kappa shape index (κ3) is 44.6. The van der Waals surface area contributed by atoms with Crippen LogP contribution in [0.25, 0.3) is 0 Å². The smallest absolute Gasteiger partial charge is 0.438 e. The molecule has 0 bridgehead atoms. The summed E-state index contributed by atoms with van der Waals surface area (Å²) in [5.41, 5.74) is -0.410. The molecule has 0 N–H and O–H groups in total. The summed E-state index contributed by atoms with van der Waals surface area (Å²) in [6.07, 6.45) is -0.637. The van der Waals surface area contributed by atoms with Gasteiger partial charge >= 0.3 is 6.16 Å². The molecule has 0 fully saturated rings. The van der Waals surface area contributed by atoms with Crippen LogP contribution in [0.5, 0.6) is 0 Å². The van der Waals surface area contributed by atoms with Crippen LogP contribution in [-0.4, -0.2) is 67.0 Å². The van der Waals surface area contributed by atoms with Crippen molar-refractivity contribution in [1.29, 1.82) is 0 Å². The van der Waals surface area contributed by atoms with E-state index in [2.05, 4.69) is 24.4 Å². The van der Waals surface area contributed by atoms with Crippen LogP contribution in [0.2, 0.25) is 19.6 Å². The standard InChI is InChI=1S/C6H12O3.C5H12O2.C5H12O.C4H12OSi/c1-6(2,3)9-5(7)8-4;1-5(2,6-3)7-4;1-5(2,3)6-4;1-5-6(2,3)4/h1-4H3;1-4H3;2*1-4H3. The number of carbonyl (C=O) groups is 1. The van der Waals surface area contributed by atoms with E-state index in [0.29, 0.717) is 0 Å². The summed E-state index contributed by atoms with van der Waals surface area (Å²) in [5, 5.41) is 0. The molecule has 0 aliphatic carbocycles. The quantitative estimate of drug-likeness (QED) is 0.335. The van der Waals surface area contributed by atoms with Crippen molar-refractivity contribution in [3.05, 3.63) is 0 Å². The maximum atomic E-state index is 10.4. The predicted octanol–water partition coefficient (Wildman–Crippen LogP) is 5.48. The molecule has 0 aromatic carbocycles. The molecule has 0 radical (unpaired) electrons. The van der Waals surface area contributed by atoms with Crippen LogP contribution in [-0.2, 0) is 28.1 Å². The Bertz CT molecular complexity index is 344.